The Kier molecular flexibility index (Phi) is 2.85. The zero-order chi connectivity index (χ0) is 13.3. The summed E-state index contributed by atoms with van der Waals surface area (Å²) < 4.78 is 44.3. The molecule has 0 aliphatic carbocycles. The van der Waals surface area contributed by atoms with Crippen molar-refractivity contribution in [3.05, 3.63) is 24.1 Å². The summed E-state index contributed by atoms with van der Waals surface area (Å²) in [7, 11) is 0. The standard InChI is InChI=1S/C10H6F3NO4/c11-10(12,13)9(16)18-3-5-1-2-6-7(14-5)4-17-8(6)15/h1-2,4,15H,3H2. The topological polar surface area (TPSA) is 72.6 Å². The summed E-state index contributed by atoms with van der Waals surface area (Å²) >= 11 is 0. The normalized spacial score (nSPS) is 11.7. The minimum Gasteiger partial charge on any atom is -0.480 e. The second kappa shape index (κ2) is 4.21. The molecule has 2 heterocycles. The molecule has 0 aliphatic heterocycles. The largest absolute Gasteiger partial charge is 0.490 e. The van der Waals surface area contributed by atoms with Crippen molar-refractivity contribution in [2.24, 2.45) is 0 Å². The third kappa shape index (κ3) is 2.36. The van der Waals surface area contributed by atoms with Gasteiger partial charge in [0, 0.05) is 0 Å². The van der Waals surface area contributed by atoms with Crippen molar-refractivity contribution in [2.45, 2.75) is 12.8 Å². The number of alkyl halides is 3. The maximum Gasteiger partial charge on any atom is 0.490 e. The minimum atomic E-state index is -5.03. The van der Waals surface area contributed by atoms with Gasteiger partial charge in [0.2, 0.25) is 0 Å². The van der Waals surface area contributed by atoms with E-state index in [1.165, 1.54) is 12.1 Å². The minimum absolute atomic E-state index is 0.112. The van der Waals surface area contributed by atoms with Gasteiger partial charge in [-0.3, -0.25) is 0 Å². The smallest absolute Gasteiger partial charge is 0.480 e. The summed E-state index contributed by atoms with van der Waals surface area (Å²) in [5.41, 5.74) is 0.369. The number of nitrogens with zero attached hydrogens (tertiary/aromatic N) is 1. The zero-order valence-corrected chi connectivity index (χ0v) is 8.69. The van der Waals surface area contributed by atoms with Crippen LogP contribution < -0.4 is 0 Å². The van der Waals surface area contributed by atoms with Crippen LogP contribution >= 0.6 is 0 Å². The first kappa shape index (κ1) is 12.2. The Labute approximate surface area is 97.8 Å². The molecule has 0 aliphatic rings. The first-order valence-corrected chi connectivity index (χ1v) is 4.68. The molecule has 0 amide bonds. The number of pyridine rings is 1. The Morgan fingerprint density at radius 2 is 2.17 bits per heavy atom. The monoisotopic (exact) mass is 261 g/mol. The first-order valence-electron chi connectivity index (χ1n) is 4.68. The number of carbonyl (C=O) groups excluding carboxylic acids is 1. The number of rotatable bonds is 2. The quantitative estimate of drug-likeness (QED) is 0.838. The lowest BCUT2D eigenvalue weighted by Gasteiger charge is -2.06. The second-order valence-electron chi connectivity index (χ2n) is 3.35. The van der Waals surface area contributed by atoms with Gasteiger partial charge in [-0.05, 0) is 12.1 Å². The van der Waals surface area contributed by atoms with Crippen LogP contribution in [0.1, 0.15) is 5.69 Å². The lowest BCUT2D eigenvalue weighted by atomic mass is 10.3. The molecule has 2 aromatic heterocycles. The van der Waals surface area contributed by atoms with E-state index in [1.54, 1.807) is 0 Å². The molecule has 0 unspecified atom stereocenters. The summed E-state index contributed by atoms with van der Waals surface area (Å²) in [6, 6.07) is 2.72. The van der Waals surface area contributed by atoms with Crippen molar-refractivity contribution in [2.75, 3.05) is 0 Å². The molecule has 0 aromatic carbocycles. The molecular weight excluding hydrogens is 255 g/mol. The molecule has 1 N–H and O–H groups in total. The molecule has 0 spiro atoms. The zero-order valence-electron chi connectivity index (χ0n) is 8.69. The molecule has 0 saturated heterocycles. The average molecular weight is 261 g/mol. The van der Waals surface area contributed by atoms with Crippen molar-refractivity contribution in [3.8, 4) is 5.95 Å². The number of halogens is 3. The SMILES string of the molecule is O=C(OCc1ccc2c(O)occ2n1)C(F)(F)F. The van der Waals surface area contributed by atoms with Crippen molar-refractivity contribution in [3.63, 3.8) is 0 Å². The number of furan rings is 1. The second-order valence-corrected chi connectivity index (χ2v) is 3.35. The number of fused-ring (bicyclic) bond motifs is 1. The van der Waals surface area contributed by atoms with Crippen molar-refractivity contribution >= 4 is 16.9 Å². The number of aromatic hydroxyl groups is 1. The first-order chi connectivity index (χ1) is 8.38. The van der Waals surface area contributed by atoms with Gasteiger partial charge in [-0.25, -0.2) is 9.78 Å². The average Bonchev–Trinajstić information content (AvgIpc) is 2.66. The number of carbonyl (C=O) groups is 1. The van der Waals surface area contributed by atoms with E-state index in [2.05, 4.69) is 14.1 Å². The summed E-state index contributed by atoms with van der Waals surface area (Å²) in [5, 5.41) is 9.51. The van der Waals surface area contributed by atoms with Crippen LogP contribution in [0.4, 0.5) is 13.2 Å². The Morgan fingerprint density at radius 3 is 2.83 bits per heavy atom. The van der Waals surface area contributed by atoms with Gasteiger partial charge in [-0.1, -0.05) is 0 Å². The number of ether oxygens (including phenoxy) is 1. The van der Waals surface area contributed by atoms with Gasteiger partial charge in [-0.15, -0.1) is 0 Å². The Bertz CT molecular complexity index is 590. The van der Waals surface area contributed by atoms with Crippen LogP contribution in [0.5, 0.6) is 5.95 Å². The van der Waals surface area contributed by atoms with E-state index in [-0.39, 0.29) is 17.2 Å². The molecule has 0 bridgehead atoms. The van der Waals surface area contributed by atoms with Crippen molar-refractivity contribution < 1.29 is 32.2 Å². The molecule has 2 aromatic rings. The number of hydrogen-bond donors (Lipinski definition) is 1. The molecule has 5 nitrogen and oxygen atoms in total. The lowest BCUT2D eigenvalue weighted by Crippen LogP contribution is -2.25. The molecule has 0 saturated carbocycles. The Morgan fingerprint density at radius 1 is 1.44 bits per heavy atom. The maximum absolute atomic E-state index is 11.9. The lowest BCUT2D eigenvalue weighted by molar-refractivity contribution is -0.201. The van der Waals surface area contributed by atoms with Gasteiger partial charge < -0.3 is 14.3 Å². The van der Waals surface area contributed by atoms with E-state index < -0.39 is 18.8 Å². The maximum atomic E-state index is 11.9. The van der Waals surface area contributed by atoms with Crippen LogP contribution in [0, 0.1) is 0 Å². The molecule has 0 fully saturated rings. The van der Waals surface area contributed by atoms with Gasteiger partial charge in [0.15, 0.2) is 0 Å². The van der Waals surface area contributed by atoms with Crippen LogP contribution in [0.25, 0.3) is 10.9 Å². The molecule has 2 rings (SSSR count). The van der Waals surface area contributed by atoms with Crippen LogP contribution in [0.3, 0.4) is 0 Å². The summed E-state index contributed by atoms with van der Waals surface area (Å²) in [4.78, 5) is 14.3. The highest BCUT2D eigenvalue weighted by Crippen LogP contribution is 2.25. The van der Waals surface area contributed by atoms with E-state index in [4.69, 9.17) is 0 Å². The van der Waals surface area contributed by atoms with Crippen LogP contribution in [0.15, 0.2) is 22.8 Å². The summed E-state index contributed by atoms with van der Waals surface area (Å²) in [5.74, 6) is -2.62. The van der Waals surface area contributed by atoms with Gasteiger partial charge >= 0.3 is 12.1 Å². The number of aromatic nitrogens is 1. The van der Waals surface area contributed by atoms with Crippen molar-refractivity contribution in [1.29, 1.82) is 0 Å². The van der Waals surface area contributed by atoms with Gasteiger partial charge in [0.25, 0.3) is 5.95 Å². The molecule has 96 valence electrons. The van der Waals surface area contributed by atoms with Gasteiger partial charge in [0.05, 0.1) is 11.1 Å². The Hall–Kier alpha value is -2.25. The van der Waals surface area contributed by atoms with E-state index in [9.17, 15) is 23.1 Å². The fraction of sp³-hybridized carbons (Fsp3) is 0.200. The molecule has 0 atom stereocenters. The predicted molar refractivity (Wildman–Crippen MR) is 51.5 cm³/mol. The highest BCUT2D eigenvalue weighted by Gasteiger charge is 2.40. The van der Waals surface area contributed by atoms with E-state index >= 15 is 0 Å². The van der Waals surface area contributed by atoms with Crippen molar-refractivity contribution in [1.82, 2.24) is 4.98 Å². The highest BCUT2D eigenvalue weighted by molar-refractivity contribution is 5.82. The molecule has 18 heavy (non-hydrogen) atoms. The van der Waals surface area contributed by atoms with Crippen LogP contribution in [0.2, 0.25) is 0 Å². The predicted octanol–water partition coefficient (Wildman–Crippen LogP) is 2.14. The third-order valence-electron chi connectivity index (χ3n) is 2.08. The summed E-state index contributed by atoms with van der Waals surface area (Å²) in [6.45, 7) is -0.611. The molecule has 0 radical (unpaired) electrons. The fourth-order valence-corrected chi connectivity index (χ4v) is 1.26. The van der Waals surface area contributed by atoms with Gasteiger partial charge in [0.1, 0.15) is 18.4 Å². The van der Waals surface area contributed by atoms with Crippen LogP contribution in [-0.2, 0) is 16.1 Å². The third-order valence-corrected chi connectivity index (χ3v) is 2.08. The molecular formula is C10H6F3NO4. The van der Waals surface area contributed by atoms with E-state index in [1.807, 2.05) is 0 Å². The number of esters is 1. The fourth-order valence-electron chi connectivity index (χ4n) is 1.26. The van der Waals surface area contributed by atoms with Crippen LogP contribution in [-0.4, -0.2) is 22.2 Å². The summed E-state index contributed by atoms with van der Waals surface area (Å²) in [6.07, 6.45) is -3.89. The van der Waals surface area contributed by atoms with E-state index in [0.29, 0.717) is 5.39 Å². The Balaban J connectivity index is 2.11. The van der Waals surface area contributed by atoms with E-state index in [0.717, 1.165) is 6.26 Å². The van der Waals surface area contributed by atoms with Gasteiger partial charge in [-0.2, -0.15) is 13.2 Å². The molecule has 8 heteroatoms. The highest BCUT2D eigenvalue weighted by atomic mass is 19.4. The number of hydrogen-bond acceptors (Lipinski definition) is 5.